The molecule has 0 aromatic heterocycles. The number of rotatable bonds is 2. The van der Waals surface area contributed by atoms with Gasteiger partial charge in [0.05, 0.1) is 0 Å². The van der Waals surface area contributed by atoms with Gasteiger partial charge in [0.2, 0.25) is 0 Å². The van der Waals surface area contributed by atoms with Gasteiger partial charge in [-0.3, -0.25) is 4.90 Å². The lowest BCUT2D eigenvalue weighted by Crippen LogP contribution is -2.43. The molecule has 0 saturated carbocycles. The predicted octanol–water partition coefficient (Wildman–Crippen LogP) is 1.26. The Hall–Kier alpha value is -0.380. The summed E-state index contributed by atoms with van der Waals surface area (Å²) in [5.74, 6) is 0. The molecule has 0 amide bonds. The Labute approximate surface area is 80.3 Å². The number of methoxy groups -OCH3 is 2. The first-order chi connectivity index (χ1) is 6.29. The second-order valence-corrected chi connectivity index (χ2v) is 3.38. The fourth-order valence-corrected chi connectivity index (χ4v) is 1.67. The Morgan fingerprint density at radius 2 is 2.08 bits per heavy atom. The number of hydrogen-bond acceptors (Lipinski definition) is 3. The van der Waals surface area contributed by atoms with E-state index in [9.17, 15) is 0 Å². The van der Waals surface area contributed by atoms with Gasteiger partial charge in [-0.05, 0) is 19.9 Å². The van der Waals surface area contributed by atoms with Crippen LogP contribution < -0.4 is 0 Å². The maximum Gasteiger partial charge on any atom is 0.140 e. The van der Waals surface area contributed by atoms with E-state index in [1.165, 1.54) is 6.42 Å². The van der Waals surface area contributed by atoms with E-state index >= 15 is 0 Å². The summed E-state index contributed by atoms with van der Waals surface area (Å²) in [7, 11) is 5.51. The molecule has 2 atom stereocenters. The van der Waals surface area contributed by atoms with Gasteiger partial charge in [0.1, 0.15) is 12.3 Å². The minimum atomic E-state index is 0.0431. The van der Waals surface area contributed by atoms with Crippen molar-refractivity contribution < 1.29 is 9.47 Å². The van der Waals surface area contributed by atoms with Crippen LogP contribution in [0.25, 0.3) is 0 Å². The van der Waals surface area contributed by atoms with Crippen molar-refractivity contribution in [3.8, 4) is 0 Å². The number of nitrogens with zero attached hydrogens (tertiary/aromatic N) is 1. The van der Waals surface area contributed by atoms with Gasteiger partial charge in [0, 0.05) is 20.8 Å². The van der Waals surface area contributed by atoms with E-state index in [-0.39, 0.29) is 12.3 Å². The van der Waals surface area contributed by atoms with E-state index in [4.69, 9.17) is 9.47 Å². The van der Waals surface area contributed by atoms with Gasteiger partial charge < -0.3 is 9.47 Å². The predicted molar refractivity (Wildman–Crippen MR) is 52.6 cm³/mol. The van der Waals surface area contributed by atoms with E-state index in [2.05, 4.69) is 24.1 Å². The van der Waals surface area contributed by atoms with Gasteiger partial charge >= 0.3 is 0 Å². The maximum atomic E-state index is 5.39. The molecule has 0 fully saturated rings. The van der Waals surface area contributed by atoms with E-state index < -0.39 is 0 Å². The smallest absolute Gasteiger partial charge is 0.140 e. The maximum absolute atomic E-state index is 5.39. The van der Waals surface area contributed by atoms with Crippen molar-refractivity contribution in [1.82, 2.24) is 4.90 Å². The molecule has 1 aliphatic rings. The minimum Gasteiger partial charge on any atom is -0.373 e. The molecule has 3 nitrogen and oxygen atoms in total. The molecule has 0 spiro atoms. The lowest BCUT2D eigenvalue weighted by molar-refractivity contribution is -0.0936. The molecule has 2 unspecified atom stereocenters. The van der Waals surface area contributed by atoms with Gasteiger partial charge in [-0.25, -0.2) is 0 Å². The van der Waals surface area contributed by atoms with Crippen LogP contribution in [0.15, 0.2) is 12.2 Å². The molecule has 0 aromatic carbocycles. The average molecular weight is 185 g/mol. The number of likely N-dealkylation sites (N-methyl/N-ethyl adjacent to an activating group) is 1. The van der Waals surface area contributed by atoms with Crippen LogP contribution in [0.3, 0.4) is 0 Å². The van der Waals surface area contributed by atoms with Gasteiger partial charge in [-0.1, -0.05) is 12.2 Å². The van der Waals surface area contributed by atoms with Crippen molar-refractivity contribution in [2.24, 2.45) is 0 Å². The zero-order valence-corrected chi connectivity index (χ0v) is 8.69. The van der Waals surface area contributed by atoms with Gasteiger partial charge in [0.15, 0.2) is 0 Å². The third-order valence-electron chi connectivity index (χ3n) is 2.44. The molecule has 0 aromatic rings. The van der Waals surface area contributed by atoms with E-state index in [0.29, 0.717) is 0 Å². The topological polar surface area (TPSA) is 21.7 Å². The first-order valence-corrected chi connectivity index (χ1v) is 4.72. The summed E-state index contributed by atoms with van der Waals surface area (Å²) in [6.07, 6.45) is 6.66. The van der Waals surface area contributed by atoms with E-state index in [0.717, 1.165) is 13.0 Å². The molecule has 0 saturated heterocycles. The van der Waals surface area contributed by atoms with E-state index in [1.54, 1.807) is 14.2 Å². The van der Waals surface area contributed by atoms with Crippen molar-refractivity contribution in [2.45, 2.75) is 25.2 Å². The summed E-state index contributed by atoms with van der Waals surface area (Å²) in [5.41, 5.74) is 0. The quantitative estimate of drug-likeness (QED) is 0.604. The normalized spacial score (nSPS) is 33.8. The molecular formula is C10H19NO2. The average Bonchev–Trinajstić information content (AvgIpc) is 2.12. The Balaban J connectivity index is 2.67. The SMILES string of the molecule is COC1/C=C\CCCN(C)C1OC. The molecule has 1 aliphatic heterocycles. The summed E-state index contributed by atoms with van der Waals surface area (Å²) in [6.45, 7) is 1.06. The fourth-order valence-electron chi connectivity index (χ4n) is 1.67. The van der Waals surface area contributed by atoms with Crippen LogP contribution in [0.2, 0.25) is 0 Å². The Morgan fingerprint density at radius 1 is 1.31 bits per heavy atom. The standard InChI is InChI=1S/C10H19NO2/c1-11-8-6-4-5-7-9(12-2)10(11)13-3/h5,7,9-10H,4,6,8H2,1-3H3/b7-5-. The lowest BCUT2D eigenvalue weighted by atomic mass is 10.1. The molecule has 0 radical (unpaired) electrons. The molecule has 1 heterocycles. The molecule has 0 N–H and O–H groups in total. The molecule has 0 bridgehead atoms. The summed E-state index contributed by atoms with van der Waals surface area (Å²) >= 11 is 0. The zero-order valence-electron chi connectivity index (χ0n) is 8.69. The Kier molecular flexibility index (Phi) is 4.42. The number of hydrogen-bond donors (Lipinski definition) is 0. The monoisotopic (exact) mass is 185 g/mol. The van der Waals surface area contributed by atoms with Crippen LogP contribution in [0.5, 0.6) is 0 Å². The van der Waals surface area contributed by atoms with Crippen molar-refractivity contribution in [3.63, 3.8) is 0 Å². The molecule has 1 rings (SSSR count). The van der Waals surface area contributed by atoms with Crippen molar-refractivity contribution in [3.05, 3.63) is 12.2 Å². The third-order valence-corrected chi connectivity index (χ3v) is 2.44. The third kappa shape index (κ3) is 2.79. The molecule has 76 valence electrons. The Bertz CT molecular complexity index is 170. The largest absolute Gasteiger partial charge is 0.373 e. The van der Waals surface area contributed by atoms with Crippen LogP contribution in [0.1, 0.15) is 12.8 Å². The second-order valence-electron chi connectivity index (χ2n) is 3.38. The minimum absolute atomic E-state index is 0.0431. The Morgan fingerprint density at radius 3 is 2.69 bits per heavy atom. The second kappa shape index (κ2) is 5.37. The molecular weight excluding hydrogens is 166 g/mol. The fraction of sp³-hybridized carbons (Fsp3) is 0.800. The van der Waals surface area contributed by atoms with Crippen LogP contribution >= 0.6 is 0 Å². The van der Waals surface area contributed by atoms with Crippen LogP contribution in [-0.4, -0.2) is 45.0 Å². The summed E-state index contributed by atoms with van der Waals surface area (Å²) in [4.78, 5) is 2.19. The molecule has 0 aliphatic carbocycles. The first-order valence-electron chi connectivity index (χ1n) is 4.72. The van der Waals surface area contributed by atoms with Gasteiger partial charge in [-0.2, -0.15) is 0 Å². The molecule has 3 heteroatoms. The number of ether oxygens (including phenoxy) is 2. The van der Waals surface area contributed by atoms with Crippen LogP contribution in [-0.2, 0) is 9.47 Å². The highest BCUT2D eigenvalue weighted by Crippen LogP contribution is 2.13. The molecule has 13 heavy (non-hydrogen) atoms. The lowest BCUT2D eigenvalue weighted by Gasteiger charge is -2.32. The summed E-state index contributed by atoms with van der Waals surface area (Å²) in [6, 6.07) is 0. The van der Waals surface area contributed by atoms with Crippen LogP contribution in [0.4, 0.5) is 0 Å². The highest BCUT2D eigenvalue weighted by Gasteiger charge is 2.23. The van der Waals surface area contributed by atoms with Gasteiger partial charge in [-0.15, -0.1) is 0 Å². The summed E-state index contributed by atoms with van der Waals surface area (Å²) in [5, 5.41) is 0. The number of allylic oxidation sites excluding steroid dienone is 1. The van der Waals surface area contributed by atoms with Crippen molar-refractivity contribution in [2.75, 3.05) is 27.8 Å². The van der Waals surface area contributed by atoms with Crippen LogP contribution in [0, 0.1) is 0 Å². The van der Waals surface area contributed by atoms with Crippen molar-refractivity contribution in [1.29, 1.82) is 0 Å². The van der Waals surface area contributed by atoms with Crippen molar-refractivity contribution >= 4 is 0 Å². The zero-order chi connectivity index (χ0) is 9.68. The highest BCUT2D eigenvalue weighted by atomic mass is 16.5. The summed E-state index contributed by atoms with van der Waals surface area (Å²) < 4.78 is 10.7. The van der Waals surface area contributed by atoms with E-state index in [1.807, 2.05) is 0 Å². The highest BCUT2D eigenvalue weighted by molar-refractivity contribution is 4.95. The van der Waals surface area contributed by atoms with Gasteiger partial charge in [0.25, 0.3) is 0 Å². The first kappa shape index (κ1) is 10.7.